The molecule has 1 saturated heterocycles. The molecule has 1 aliphatic heterocycles. The number of fused-ring (bicyclic) bond motifs is 3. The molecule has 2 heterocycles. The summed E-state index contributed by atoms with van der Waals surface area (Å²) in [4.78, 5) is 38.3. The van der Waals surface area contributed by atoms with Crippen molar-refractivity contribution in [3.05, 3.63) is 39.7 Å². The number of halogens is 1. The number of hydrogen-bond acceptors (Lipinski definition) is 7. The van der Waals surface area contributed by atoms with E-state index in [0.29, 0.717) is 47.5 Å². The fraction of sp³-hybridized carbons (Fsp3) is 0.542. The van der Waals surface area contributed by atoms with Gasteiger partial charge in [0.05, 0.1) is 27.8 Å². The van der Waals surface area contributed by atoms with E-state index in [2.05, 4.69) is 15.9 Å². The molecule has 2 aliphatic rings. The molecule has 8 heteroatoms. The molecule has 1 aromatic carbocycles. The van der Waals surface area contributed by atoms with E-state index in [1.165, 1.54) is 6.07 Å². The van der Waals surface area contributed by atoms with E-state index in [4.69, 9.17) is 18.6 Å². The molecule has 2 fully saturated rings. The predicted octanol–water partition coefficient (Wildman–Crippen LogP) is 4.81. The number of carbonyl (C=O) groups is 2. The second-order valence-corrected chi connectivity index (χ2v) is 10.6. The fourth-order valence-electron chi connectivity index (χ4n) is 4.85. The molecule has 7 nitrogen and oxygen atoms in total. The first-order valence-corrected chi connectivity index (χ1v) is 11.7. The van der Waals surface area contributed by atoms with Gasteiger partial charge in [-0.2, -0.15) is 0 Å². The summed E-state index contributed by atoms with van der Waals surface area (Å²) < 4.78 is 23.1. The molecule has 0 spiro atoms. The summed E-state index contributed by atoms with van der Waals surface area (Å²) in [7, 11) is 0. The second kappa shape index (κ2) is 7.61. The first-order chi connectivity index (χ1) is 15.0. The van der Waals surface area contributed by atoms with Crippen molar-refractivity contribution >= 4 is 38.8 Å². The fourth-order valence-corrected chi connectivity index (χ4v) is 5.08. The van der Waals surface area contributed by atoms with Crippen molar-refractivity contribution in [3.8, 4) is 5.75 Å². The Kier molecular flexibility index (Phi) is 5.43. The molecule has 0 radical (unpaired) electrons. The van der Waals surface area contributed by atoms with Crippen LogP contribution < -0.4 is 10.2 Å². The van der Waals surface area contributed by atoms with Crippen LogP contribution in [0.4, 0.5) is 0 Å². The van der Waals surface area contributed by atoms with Gasteiger partial charge in [-0.3, -0.25) is 9.59 Å². The van der Waals surface area contributed by atoms with Crippen molar-refractivity contribution in [1.82, 2.24) is 0 Å². The summed E-state index contributed by atoms with van der Waals surface area (Å²) in [5.74, 6) is -0.0387. The van der Waals surface area contributed by atoms with Crippen molar-refractivity contribution < 1.29 is 28.2 Å². The van der Waals surface area contributed by atoms with E-state index in [1.54, 1.807) is 12.1 Å². The molecule has 0 N–H and O–H groups in total. The molecule has 32 heavy (non-hydrogen) atoms. The van der Waals surface area contributed by atoms with Gasteiger partial charge in [0.2, 0.25) is 5.60 Å². The van der Waals surface area contributed by atoms with Gasteiger partial charge in [-0.05, 0) is 45.7 Å². The Bertz CT molecular complexity index is 1160. The van der Waals surface area contributed by atoms with Crippen LogP contribution in [0, 0.1) is 10.8 Å². The second-order valence-electron chi connectivity index (χ2n) is 9.23. The SMILES string of the molecule is CCOc1ccc2c(=O)cc(C(C)Br)oc2c1COC(=O)C12CCC(C)(C(=O)O1)C2(C)C. The molecule has 4 rings (SSSR count). The number of hydrogen-bond donors (Lipinski definition) is 0. The standard InChI is InChI=1S/C24H27BrO7/c1-6-29-17-8-7-14-16(26)11-18(13(2)25)31-19(14)15(17)12-30-21(28)24-10-9-23(5,20(27)32-24)22(24,3)4/h7-8,11,13H,6,9-10,12H2,1-5H3. The Hall–Kier alpha value is -2.35. The van der Waals surface area contributed by atoms with Gasteiger partial charge < -0.3 is 18.6 Å². The van der Waals surface area contributed by atoms with Crippen LogP contribution in [-0.2, 0) is 25.7 Å². The monoisotopic (exact) mass is 506 g/mol. The van der Waals surface area contributed by atoms with E-state index < -0.39 is 22.4 Å². The lowest BCUT2D eigenvalue weighted by Crippen LogP contribution is -2.48. The molecule has 2 bridgehead atoms. The van der Waals surface area contributed by atoms with E-state index >= 15 is 0 Å². The minimum absolute atomic E-state index is 0.180. The maximum Gasteiger partial charge on any atom is 0.351 e. The Labute approximate surface area is 194 Å². The zero-order valence-electron chi connectivity index (χ0n) is 18.9. The summed E-state index contributed by atoms with van der Waals surface area (Å²) in [6, 6.07) is 4.76. The summed E-state index contributed by atoms with van der Waals surface area (Å²) in [6.45, 7) is 9.48. The number of ether oxygens (including phenoxy) is 3. The smallest absolute Gasteiger partial charge is 0.351 e. The molecule has 172 valence electrons. The molecule has 1 saturated carbocycles. The molecule has 2 aromatic rings. The van der Waals surface area contributed by atoms with E-state index in [0.717, 1.165) is 0 Å². The lowest BCUT2D eigenvalue weighted by Gasteiger charge is -2.34. The van der Waals surface area contributed by atoms with Crippen molar-refractivity contribution in [2.75, 3.05) is 6.61 Å². The number of benzene rings is 1. The van der Waals surface area contributed by atoms with Crippen LogP contribution in [0.15, 0.2) is 27.4 Å². The highest BCUT2D eigenvalue weighted by molar-refractivity contribution is 9.09. The minimum Gasteiger partial charge on any atom is -0.493 e. The lowest BCUT2D eigenvalue weighted by molar-refractivity contribution is -0.184. The number of alkyl halides is 1. The van der Waals surface area contributed by atoms with E-state index in [1.807, 2.05) is 34.6 Å². The van der Waals surface area contributed by atoms with Crippen LogP contribution in [0.25, 0.3) is 11.0 Å². The van der Waals surface area contributed by atoms with Crippen molar-refractivity contribution in [2.24, 2.45) is 10.8 Å². The van der Waals surface area contributed by atoms with Crippen LogP contribution in [-0.4, -0.2) is 24.1 Å². The quantitative estimate of drug-likeness (QED) is 0.409. The molecule has 3 atom stereocenters. The summed E-state index contributed by atoms with van der Waals surface area (Å²) in [5, 5.41) is 0.371. The highest BCUT2D eigenvalue weighted by atomic mass is 79.9. The van der Waals surface area contributed by atoms with Gasteiger partial charge >= 0.3 is 11.9 Å². The van der Waals surface area contributed by atoms with Gasteiger partial charge in [0.1, 0.15) is 23.7 Å². The third kappa shape index (κ3) is 3.02. The molecule has 1 aliphatic carbocycles. The van der Waals surface area contributed by atoms with Crippen molar-refractivity contribution in [3.63, 3.8) is 0 Å². The number of esters is 2. The number of carbonyl (C=O) groups excluding carboxylic acids is 2. The number of rotatable bonds is 6. The van der Waals surface area contributed by atoms with E-state index in [-0.39, 0.29) is 22.8 Å². The van der Waals surface area contributed by atoms with Crippen LogP contribution in [0.5, 0.6) is 5.75 Å². The van der Waals surface area contributed by atoms with Crippen LogP contribution in [0.3, 0.4) is 0 Å². The van der Waals surface area contributed by atoms with Crippen LogP contribution in [0.1, 0.15) is 63.6 Å². The zero-order chi connectivity index (χ0) is 23.5. The van der Waals surface area contributed by atoms with Crippen molar-refractivity contribution in [1.29, 1.82) is 0 Å². The molecular weight excluding hydrogens is 480 g/mol. The normalized spacial score (nSPS) is 26.8. The van der Waals surface area contributed by atoms with Crippen molar-refractivity contribution in [2.45, 2.75) is 64.5 Å². The summed E-state index contributed by atoms with van der Waals surface area (Å²) >= 11 is 3.43. The average Bonchev–Trinajstić information content (AvgIpc) is 3.03. The van der Waals surface area contributed by atoms with Gasteiger partial charge in [0.15, 0.2) is 5.43 Å². The lowest BCUT2D eigenvalue weighted by atomic mass is 9.66. The first kappa shape index (κ1) is 22.8. The molecule has 0 amide bonds. The first-order valence-electron chi connectivity index (χ1n) is 10.8. The highest BCUT2D eigenvalue weighted by Gasteiger charge is 2.76. The predicted molar refractivity (Wildman–Crippen MR) is 121 cm³/mol. The van der Waals surface area contributed by atoms with Gasteiger partial charge in [-0.1, -0.05) is 29.8 Å². The highest BCUT2D eigenvalue weighted by Crippen LogP contribution is 2.65. The zero-order valence-corrected chi connectivity index (χ0v) is 20.5. The van der Waals surface area contributed by atoms with Gasteiger partial charge in [-0.25, -0.2) is 4.79 Å². The van der Waals surface area contributed by atoms with Gasteiger partial charge in [0, 0.05) is 11.5 Å². The third-order valence-electron chi connectivity index (χ3n) is 7.43. The summed E-state index contributed by atoms with van der Waals surface area (Å²) in [6.07, 6.45) is 0.975. The summed E-state index contributed by atoms with van der Waals surface area (Å²) in [5.41, 5.74) is -2.18. The van der Waals surface area contributed by atoms with Crippen LogP contribution >= 0.6 is 15.9 Å². The average molecular weight is 507 g/mol. The molecule has 3 unspecified atom stereocenters. The Morgan fingerprint density at radius 2 is 1.94 bits per heavy atom. The largest absolute Gasteiger partial charge is 0.493 e. The van der Waals surface area contributed by atoms with Gasteiger partial charge in [0.25, 0.3) is 0 Å². The molecule has 1 aromatic heterocycles. The van der Waals surface area contributed by atoms with Crippen LogP contribution in [0.2, 0.25) is 0 Å². The Balaban J connectivity index is 1.73. The topological polar surface area (TPSA) is 92.0 Å². The Morgan fingerprint density at radius 3 is 2.50 bits per heavy atom. The maximum atomic E-state index is 13.3. The molecular formula is C24H27BrO7. The minimum atomic E-state index is -1.33. The Morgan fingerprint density at radius 1 is 1.22 bits per heavy atom. The maximum absolute atomic E-state index is 13.3. The van der Waals surface area contributed by atoms with E-state index in [9.17, 15) is 14.4 Å². The van der Waals surface area contributed by atoms with Gasteiger partial charge in [-0.15, -0.1) is 0 Å². The third-order valence-corrected chi connectivity index (χ3v) is 7.88.